The molecule has 1 unspecified atom stereocenters. The number of nitrogens with zero attached hydrogens (tertiary/aromatic N) is 5. The maximum absolute atomic E-state index is 12.9. The number of thioether (sulfide) groups is 2. The Labute approximate surface area is 276 Å². The second-order valence-corrected chi connectivity index (χ2v) is 14.0. The average Bonchev–Trinajstić information content (AvgIpc) is 2.97. The van der Waals surface area contributed by atoms with Crippen molar-refractivity contribution in [2.75, 3.05) is 51.0 Å². The van der Waals surface area contributed by atoms with Gasteiger partial charge in [-0.15, -0.1) is 23.5 Å². The van der Waals surface area contributed by atoms with Crippen LogP contribution in [0, 0.1) is 6.92 Å². The quantitative estimate of drug-likeness (QED) is 0.119. The van der Waals surface area contributed by atoms with Gasteiger partial charge in [-0.25, -0.2) is 14.6 Å². The largest absolute Gasteiger partial charge is 0.453 e. The van der Waals surface area contributed by atoms with E-state index in [1.54, 1.807) is 23.5 Å². The van der Waals surface area contributed by atoms with Crippen LogP contribution in [0.3, 0.4) is 0 Å². The van der Waals surface area contributed by atoms with Crippen LogP contribution in [0.15, 0.2) is 45.0 Å². The molecule has 12 nitrogen and oxygen atoms in total. The summed E-state index contributed by atoms with van der Waals surface area (Å²) in [7, 11) is 1.21. The monoisotopic (exact) mass is 689 g/mol. The van der Waals surface area contributed by atoms with Crippen LogP contribution in [-0.4, -0.2) is 114 Å². The molecule has 1 aromatic heterocycles. The second kappa shape index (κ2) is 17.4. The van der Waals surface area contributed by atoms with Gasteiger partial charge in [0.1, 0.15) is 18.0 Å². The van der Waals surface area contributed by atoms with Gasteiger partial charge in [0.2, 0.25) is 6.41 Å². The van der Waals surface area contributed by atoms with E-state index in [0.717, 1.165) is 32.6 Å². The number of nitrogens with one attached hydrogen (secondary N) is 1. The Morgan fingerprint density at radius 1 is 1.17 bits per heavy atom. The van der Waals surface area contributed by atoms with E-state index in [1.807, 2.05) is 37.6 Å². The maximum atomic E-state index is 12.9. The average molecular weight is 690 g/mol. The number of nitrogens with two attached hydrogens (primary N) is 1. The lowest BCUT2D eigenvalue weighted by Gasteiger charge is -2.41. The van der Waals surface area contributed by atoms with Crippen LogP contribution >= 0.6 is 23.5 Å². The molecule has 0 spiro atoms. The molecule has 3 heterocycles. The first-order chi connectivity index (χ1) is 21.5. The molecule has 2 aliphatic heterocycles. The summed E-state index contributed by atoms with van der Waals surface area (Å²) in [5, 5.41) is 5.24. The van der Waals surface area contributed by atoms with Crippen molar-refractivity contribution in [3.05, 3.63) is 45.6 Å². The highest BCUT2D eigenvalue weighted by atomic mass is 32.2. The number of aromatic nitrogens is 1. The zero-order valence-electron chi connectivity index (χ0n) is 26.8. The third kappa shape index (κ3) is 12.3. The fraction of sp³-hybridized carbons (Fsp3) is 0.552. The molecule has 0 aromatic carbocycles. The molecule has 1 atom stereocenters. The van der Waals surface area contributed by atoms with Gasteiger partial charge in [-0.3, -0.25) is 9.79 Å². The summed E-state index contributed by atoms with van der Waals surface area (Å²) in [5.74, 6) is 1.56. The fourth-order valence-electron chi connectivity index (χ4n) is 4.00. The lowest BCUT2D eigenvalue weighted by molar-refractivity contribution is -0.194. The number of alkyl halides is 3. The standard InChI is InChI=1S/C17H26N4S2.C12H16F3N3O5/c1-12-7-8-15(20-9-12)21-11-22-10-14(19-6)16(13(2)18)23-17(3,4)5;1-22-10(20)18-4-8(5-18)23-11(21)16-2-3-17(7-19)9(6-16)12(13,14)15/h7-10H,6,11,18H2,1-5H3,(H,20,21);7-9H,2-6H2,1H3/b14-10-,16-13-;. The number of carbonyl (C=O) groups excluding carboxylic acids is 3. The van der Waals surface area contributed by atoms with Gasteiger partial charge in [0.15, 0.2) is 0 Å². The Morgan fingerprint density at radius 2 is 1.85 bits per heavy atom. The Bertz CT molecular complexity index is 1260. The molecule has 256 valence electrons. The summed E-state index contributed by atoms with van der Waals surface area (Å²) in [6, 6.07) is 1.96. The van der Waals surface area contributed by atoms with E-state index in [-0.39, 0.29) is 37.3 Å². The highest BCUT2D eigenvalue weighted by Gasteiger charge is 2.48. The number of amides is 3. The smallest absolute Gasteiger partial charge is 0.410 e. The molecule has 0 aliphatic carbocycles. The summed E-state index contributed by atoms with van der Waals surface area (Å²) in [4.78, 5) is 46.0. The molecular weight excluding hydrogens is 647 g/mol. The summed E-state index contributed by atoms with van der Waals surface area (Å²) < 4.78 is 48.3. The van der Waals surface area contributed by atoms with Gasteiger partial charge in [0.05, 0.1) is 43.2 Å². The number of aliphatic imine (C=N–C) groups is 1. The Balaban J connectivity index is 0.000000320. The third-order valence-corrected chi connectivity index (χ3v) is 8.40. The minimum Gasteiger partial charge on any atom is -0.453 e. The predicted molar refractivity (Wildman–Crippen MR) is 175 cm³/mol. The zero-order valence-corrected chi connectivity index (χ0v) is 28.4. The van der Waals surface area contributed by atoms with E-state index in [4.69, 9.17) is 10.5 Å². The number of hydrogen-bond donors (Lipinski definition) is 2. The van der Waals surface area contributed by atoms with Crippen LogP contribution in [0.25, 0.3) is 0 Å². The van der Waals surface area contributed by atoms with Gasteiger partial charge in [0.25, 0.3) is 0 Å². The number of carbonyl (C=O) groups is 3. The van der Waals surface area contributed by atoms with Crippen molar-refractivity contribution < 1.29 is 37.0 Å². The number of halogens is 3. The van der Waals surface area contributed by atoms with Gasteiger partial charge in [0, 0.05) is 29.7 Å². The number of methoxy groups -OCH3 is 1. The number of aryl methyl sites for hydroxylation is 1. The van der Waals surface area contributed by atoms with E-state index < -0.39 is 37.1 Å². The molecule has 46 heavy (non-hydrogen) atoms. The molecule has 0 radical (unpaired) electrons. The van der Waals surface area contributed by atoms with Crippen LogP contribution in [-0.2, 0) is 14.3 Å². The van der Waals surface area contributed by atoms with Crippen molar-refractivity contribution in [2.45, 2.75) is 57.7 Å². The number of allylic oxidation sites excluding steroid dienone is 1. The van der Waals surface area contributed by atoms with Crippen molar-refractivity contribution in [3.8, 4) is 0 Å². The molecule has 0 bridgehead atoms. The third-order valence-electron chi connectivity index (χ3n) is 6.35. The van der Waals surface area contributed by atoms with E-state index in [1.165, 1.54) is 12.0 Å². The number of hydrogen-bond acceptors (Lipinski definition) is 11. The predicted octanol–water partition coefficient (Wildman–Crippen LogP) is 5.04. The van der Waals surface area contributed by atoms with Crippen molar-refractivity contribution in [1.29, 1.82) is 0 Å². The topological polar surface area (TPSA) is 143 Å². The molecule has 2 saturated heterocycles. The number of pyridine rings is 1. The normalized spacial score (nSPS) is 18.0. The van der Waals surface area contributed by atoms with E-state index >= 15 is 0 Å². The van der Waals surface area contributed by atoms with E-state index in [0.29, 0.717) is 10.8 Å². The number of ether oxygens (including phenoxy) is 2. The van der Waals surface area contributed by atoms with Crippen molar-refractivity contribution in [2.24, 2.45) is 10.7 Å². The molecule has 3 amide bonds. The highest BCUT2D eigenvalue weighted by molar-refractivity contribution is 8.05. The Kier molecular flexibility index (Phi) is 14.6. The van der Waals surface area contributed by atoms with Gasteiger partial charge >= 0.3 is 18.4 Å². The van der Waals surface area contributed by atoms with Crippen LogP contribution in [0.5, 0.6) is 0 Å². The van der Waals surface area contributed by atoms with E-state index in [2.05, 4.69) is 47.5 Å². The lowest BCUT2D eigenvalue weighted by atomic mass is 10.1. The zero-order chi connectivity index (χ0) is 34.7. The first-order valence-electron chi connectivity index (χ1n) is 14.2. The van der Waals surface area contributed by atoms with Crippen LogP contribution in [0.4, 0.5) is 28.6 Å². The molecule has 3 rings (SSSR count). The molecule has 2 aliphatic rings. The summed E-state index contributed by atoms with van der Waals surface area (Å²) in [5.41, 5.74) is 8.75. The second-order valence-electron chi connectivity index (χ2n) is 11.3. The summed E-state index contributed by atoms with van der Waals surface area (Å²) in [6.45, 7) is 13.4. The number of anilines is 1. The lowest BCUT2D eigenvalue weighted by Crippen LogP contribution is -2.61. The van der Waals surface area contributed by atoms with Crippen molar-refractivity contribution >= 4 is 54.7 Å². The number of likely N-dealkylation sites (tertiary alicyclic amines) is 1. The van der Waals surface area contributed by atoms with Gasteiger partial charge in [-0.2, -0.15) is 13.2 Å². The molecule has 17 heteroatoms. The SMILES string of the molecule is C=NC(=C\SCNc1ccc(C)cn1)/C(SC(C)(C)C)=C(\C)N.COC(=O)N1CC(OC(=O)N2CCN(C=O)C(C(F)(F)F)C2)C1. The first kappa shape index (κ1) is 38.6. The van der Waals surface area contributed by atoms with Gasteiger partial charge in [-0.1, -0.05) is 26.8 Å². The maximum Gasteiger partial charge on any atom is 0.410 e. The first-order valence-corrected chi connectivity index (χ1v) is 16.0. The molecule has 3 N–H and O–H groups in total. The summed E-state index contributed by atoms with van der Waals surface area (Å²) in [6.07, 6.45) is -4.68. The van der Waals surface area contributed by atoms with Crippen LogP contribution < -0.4 is 11.1 Å². The molecule has 1 aromatic rings. The van der Waals surface area contributed by atoms with E-state index in [9.17, 15) is 27.6 Å². The van der Waals surface area contributed by atoms with Crippen molar-refractivity contribution in [1.82, 2.24) is 19.7 Å². The molecular formula is C29H42F3N7O5S2. The molecule has 2 fully saturated rings. The van der Waals surface area contributed by atoms with Gasteiger partial charge in [-0.05, 0) is 37.6 Å². The highest BCUT2D eigenvalue weighted by Crippen LogP contribution is 2.37. The fourth-order valence-corrected chi connectivity index (χ4v) is 5.74. The number of rotatable bonds is 9. The van der Waals surface area contributed by atoms with Crippen LogP contribution in [0.2, 0.25) is 0 Å². The van der Waals surface area contributed by atoms with Crippen molar-refractivity contribution in [3.63, 3.8) is 0 Å². The number of piperazine rings is 1. The van der Waals surface area contributed by atoms with Gasteiger partial charge < -0.3 is 35.2 Å². The van der Waals surface area contributed by atoms with Crippen LogP contribution in [0.1, 0.15) is 33.3 Å². The minimum atomic E-state index is -4.63. The Morgan fingerprint density at radius 3 is 2.35 bits per heavy atom. The Hall–Kier alpha value is -3.60. The summed E-state index contributed by atoms with van der Waals surface area (Å²) >= 11 is 3.31. The minimum absolute atomic E-state index is 0.0441. The molecule has 0 saturated carbocycles.